The van der Waals surface area contributed by atoms with Crippen molar-refractivity contribution in [2.75, 3.05) is 7.11 Å². The molecule has 0 aliphatic heterocycles. The monoisotopic (exact) mass is 419 g/mol. The zero-order valence-electron chi connectivity index (χ0n) is 15.8. The predicted molar refractivity (Wildman–Crippen MR) is 106 cm³/mol. The van der Waals surface area contributed by atoms with Gasteiger partial charge >= 0.3 is 12.5 Å². The second kappa shape index (κ2) is 9.04. The molecule has 1 amide bonds. The van der Waals surface area contributed by atoms with Crippen LogP contribution >= 0.6 is 11.8 Å². The summed E-state index contributed by atoms with van der Waals surface area (Å²) in [5.41, 5.74) is 1.98. The predicted octanol–water partition coefficient (Wildman–Crippen LogP) is 4.02. The maximum absolute atomic E-state index is 13.5. The highest BCUT2D eigenvalue weighted by Gasteiger charge is 2.22. The van der Waals surface area contributed by atoms with E-state index in [1.165, 1.54) is 7.11 Å². The van der Waals surface area contributed by atoms with Crippen LogP contribution < -0.4 is 5.32 Å². The van der Waals surface area contributed by atoms with Crippen molar-refractivity contribution < 1.29 is 23.1 Å². The first-order valence-corrected chi connectivity index (χ1v) is 9.65. The number of rotatable bonds is 7. The summed E-state index contributed by atoms with van der Waals surface area (Å²) in [6, 6.07) is 13.2. The van der Waals surface area contributed by atoms with E-state index in [1.54, 1.807) is 55.5 Å². The summed E-state index contributed by atoms with van der Waals surface area (Å²) in [5, 5.41) is 2.23. The third-order valence-electron chi connectivity index (χ3n) is 4.25. The fraction of sp³-hybridized carbons (Fsp3) is 0.250. The van der Waals surface area contributed by atoms with E-state index in [2.05, 4.69) is 15.0 Å². The smallest absolute Gasteiger partial charge is 0.337 e. The second-order valence-electron chi connectivity index (χ2n) is 6.20. The van der Waals surface area contributed by atoms with Gasteiger partial charge in [-0.3, -0.25) is 9.36 Å². The van der Waals surface area contributed by atoms with E-state index in [0.29, 0.717) is 16.6 Å². The Morgan fingerprint density at radius 3 is 2.52 bits per heavy atom. The first-order chi connectivity index (χ1) is 13.9. The Morgan fingerprint density at radius 1 is 1.17 bits per heavy atom. The number of esters is 1. The number of alkyl halides is 2. The highest BCUT2D eigenvalue weighted by Crippen LogP contribution is 2.31. The van der Waals surface area contributed by atoms with Crippen molar-refractivity contribution in [3.8, 4) is 0 Å². The lowest BCUT2D eigenvalue weighted by Crippen LogP contribution is -2.30. The number of ether oxygens (including phenoxy) is 1. The molecule has 0 radical (unpaired) electrons. The summed E-state index contributed by atoms with van der Waals surface area (Å²) in [7, 11) is 1.30. The van der Waals surface area contributed by atoms with Gasteiger partial charge in [0, 0.05) is 6.54 Å². The molecule has 1 atom stereocenters. The van der Waals surface area contributed by atoms with Crippen LogP contribution in [0.2, 0.25) is 0 Å². The first-order valence-electron chi connectivity index (χ1n) is 8.77. The molecule has 152 valence electrons. The summed E-state index contributed by atoms with van der Waals surface area (Å²) in [6.07, 6.45) is 0. The standard InChI is InChI=1S/C20H19F2N3O3S/c1-12(17(26)23-11-13-7-9-14(10-8-13)18(27)28-2)29-20-24-15-5-3-4-6-16(15)25(20)19(21)22/h3-10,12,19H,11H2,1-2H3,(H,23,26). The van der Waals surface area contributed by atoms with E-state index in [0.717, 1.165) is 21.9 Å². The van der Waals surface area contributed by atoms with Crippen molar-refractivity contribution in [3.05, 3.63) is 59.7 Å². The minimum Gasteiger partial charge on any atom is -0.465 e. The minimum atomic E-state index is -2.76. The number of aromatic nitrogens is 2. The van der Waals surface area contributed by atoms with Gasteiger partial charge in [-0.25, -0.2) is 9.78 Å². The third-order valence-corrected chi connectivity index (χ3v) is 5.32. The van der Waals surface area contributed by atoms with Gasteiger partial charge in [0.1, 0.15) is 0 Å². The Morgan fingerprint density at radius 2 is 1.86 bits per heavy atom. The van der Waals surface area contributed by atoms with Gasteiger partial charge in [0.25, 0.3) is 0 Å². The Kier molecular flexibility index (Phi) is 6.48. The van der Waals surface area contributed by atoms with Crippen LogP contribution in [0.25, 0.3) is 11.0 Å². The molecule has 0 aliphatic rings. The number of nitrogens with one attached hydrogen (secondary N) is 1. The summed E-state index contributed by atoms with van der Waals surface area (Å²) in [5.74, 6) is -0.743. The molecule has 0 bridgehead atoms. The third kappa shape index (κ3) is 4.73. The average molecular weight is 419 g/mol. The molecule has 6 nitrogen and oxygen atoms in total. The number of nitrogens with zero attached hydrogens (tertiary/aromatic N) is 2. The van der Waals surface area contributed by atoms with Crippen LogP contribution in [0.15, 0.2) is 53.7 Å². The van der Waals surface area contributed by atoms with Crippen LogP contribution in [0.5, 0.6) is 0 Å². The quantitative estimate of drug-likeness (QED) is 0.463. The molecule has 0 spiro atoms. The average Bonchev–Trinajstić information content (AvgIpc) is 3.09. The molecule has 1 N–H and O–H groups in total. The number of methoxy groups -OCH3 is 1. The van der Waals surface area contributed by atoms with Crippen molar-refractivity contribution in [2.24, 2.45) is 0 Å². The highest BCUT2D eigenvalue weighted by molar-refractivity contribution is 8.00. The molecule has 29 heavy (non-hydrogen) atoms. The van der Waals surface area contributed by atoms with E-state index in [4.69, 9.17) is 0 Å². The second-order valence-corrected chi connectivity index (χ2v) is 7.51. The highest BCUT2D eigenvalue weighted by atomic mass is 32.2. The summed E-state index contributed by atoms with van der Waals surface area (Å²) in [4.78, 5) is 28.1. The number of para-hydroxylation sites is 2. The molecule has 2 aromatic carbocycles. The maximum Gasteiger partial charge on any atom is 0.337 e. The van der Waals surface area contributed by atoms with Crippen LogP contribution in [0.4, 0.5) is 8.78 Å². The number of benzene rings is 2. The normalized spacial score (nSPS) is 12.2. The lowest BCUT2D eigenvalue weighted by atomic mass is 10.1. The van der Waals surface area contributed by atoms with E-state index in [-0.39, 0.29) is 17.6 Å². The summed E-state index contributed by atoms with van der Waals surface area (Å²) < 4.78 is 32.5. The topological polar surface area (TPSA) is 73.2 Å². The molecule has 1 unspecified atom stereocenters. The fourth-order valence-corrected chi connectivity index (χ4v) is 3.66. The molecular weight excluding hydrogens is 400 g/mol. The lowest BCUT2D eigenvalue weighted by Gasteiger charge is -2.13. The first kappa shape index (κ1) is 20.8. The number of hydrogen-bond donors (Lipinski definition) is 1. The van der Waals surface area contributed by atoms with Gasteiger partial charge in [-0.2, -0.15) is 8.78 Å². The Bertz CT molecular complexity index is 1020. The maximum atomic E-state index is 13.5. The number of hydrogen-bond acceptors (Lipinski definition) is 5. The van der Waals surface area contributed by atoms with Gasteiger partial charge in [0.15, 0.2) is 5.16 Å². The van der Waals surface area contributed by atoms with Crippen molar-refractivity contribution in [1.82, 2.24) is 14.9 Å². The van der Waals surface area contributed by atoms with Gasteiger partial charge < -0.3 is 10.1 Å². The van der Waals surface area contributed by atoms with Crippen molar-refractivity contribution in [3.63, 3.8) is 0 Å². The van der Waals surface area contributed by atoms with E-state index in [9.17, 15) is 18.4 Å². The van der Waals surface area contributed by atoms with Crippen molar-refractivity contribution in [1.29, 1.82) is 0 Å². The van der Waals surface area contributed by atoms with E-state index >= 15 is 0 Å². The molecule has 0 saturated carbocycles. The Balaban J connectivity index is 1.64. The molecule has 1 aromatic heterocycles. The molecule has 0 fully saturated rings. The molecule has 0 saturated heterocycles. The summed E-state index contributed by atoms with van der Waals surface area (Å²) in [6.45, 7) is -0.875. The minimum absolute atomic E-state index is 0.0891. The van der Waals surface area contributed by atoms with Gasteiger partial charge in [0.2, 0.25) is 5.91 Å². The van der Waals surface area contributed by atoms with Gasteiger partial charge in [-0.15, -0.1) is 0 Å². The largest absolute Gasteiger partial charge is 0.465 e. The van der Waals surface area contributed by atoms with Crippen molar-refractivity contribution in [2.45, 2.75) is 30.4 Å². The fourth-order valence-electron chi connectivity index (χ4n) is 2.72. The number of thioether (sulfide) groups is 1. The van der Waals surface area contributed by atoms with Crippen LogP contribution in [0, 0.1) is 0 Å². The van der Waals surface area contributed by atoms with Gasteiger partial charge in [-0.05, 0) is 36.8 Å². The van der Waals surface area contributed by atoms with Crippen LogP contribution in [0.3, 0.4) is 0 Å². The van der Waals surface area contributed by atoms with Gasteiger partial charge in [-0.1, -0.05) is 36.0 Å². The van der Waals surface area contributed by atoms with Crippen LogP contribution in [-0.2, 0) is 16.1 Å². The molecule has 0 aliphatic carbocycles. The van der Waals surface area contributed by atoms with E-state index < -0.39 is 17.8 Å². The molecule has 3 aromatic rings. The summed E-state index contributed by atoms with van der Waals surface area (Å²) >= 11 is 0.975. The zero-order chi connectivity index (χ0) is 21.0. The number of imidazole rings is 1. The van der Waals surface area contributed by atoms with Gasteiger partial charge in [0.05, 0.1) is 29.0 Å². The number of amides is 1. The van der Waals surface area contributed by atoms with Crippen LogP contribution in [0.1, 0.15) is 29.4 Å². The van der Waals surface area contributed by atoms with Crippen molar-refractivity contribution >= 4 is 34.7 Å². The SMILES string of the molecule is COC(=O)c1ccc(CNC(=O)C(C)Sc2nc3ccccc3n2C(F)F)cc1. The number of fused-ring (bicyclic) bond motifs is 1. The molecule has 1 heterocycles. The number of carbonyl (C=O) groups is 2. The van der Waals surface area contributed by atoms with E-state index in [1.807, 2.05) is 0 Å². The number of halogens is 2. The molecule has 9 heteroatoms. The van der Waals surface area contributed by atoms with Crippen LogP contribution in [-0.4, -0.2) is 33.8 Å². The zero-order valence-corrected chi connectivity index (χ0v) is 16.6. The molecular formula is C20H19F2N3O3S. The Hall–Kier alpha value is -2.94. The Labute approximate surface area is 170 Å². The molecule has 3 rings (SSSR count). The number of carbonyl (C=O) groups excluding carboxylic acids is 2. The lowest BCUT2D eigenvalue weighted by molar-refractivity contribution is -0.120.